The van der Waals surface area contributed by atoms with Crippen LogP contribution in [0, 0.1) is 0 Å². The molecule has 1 nitrogen and oxygen atoms in total. The molecule has 3 heteroatoms. The fourth-order valence-electron chi connectivity index (χ4n) is 1.66. The van der Waals surface area contributed by atoms with E-state index in [4.69, 9.17) is 0 Å². The molecule has 1 aliphatic rings. The van der Waals surface area contributed by atoms with Gasteiger partial charge in [0.25, 0.3) is 0 Å². The predicted octanol–water partition coefficient (Wildman–Crippen LogP) is 3.82. The van der Waals surface area contributed by atoms with E-state index < -0.39 is 10.8 Å². The minimum atomic E-state index is -0.775. The highest BCUT2D eigenvalue weighted by atomic mass is 32.2. The molecule has 17 heavy (non-hydrogen) atoms. The van der Waals surface area contributed by atoms with E-state index in [0.717, 1.165) is 27.7 Å². The van der Waals surface area contributed by atoms with Gasteiger partial charge in [-0.3, -0.25) is 4.21 Å². The van der Waals surface area contributed by atoms with Gasteiger partial charge in [0.1, 0.15) is 0 Å². The van der Waals surface area contributed by atoms with Crippen molar-refractivity contribution in [2.45, 2.75) is 13.3 Å². The van der Waals surface area contributed by atoms with Crippen molar-refractivity contribution in [3.8, 4) is 0 Å². The molecule has 0 saturated carbocycles. The maximum absolute atomic E-state index is 11.8. The molecule has 1 unspecified atom stereocenters. The zero-order valence-electron chi connectivity index (χ0n) is 9.89. The average Bonchev–Trinajstić information content (AvgIpc) is 2.38. The van der Waals surface area contributed by atoms with E-state index in [0.29, 0.717) is 0 Å². The first kappa shape index (κ1) is 12.7. The second kappa shape index (κ2) is 6.22. The molecule has 0 N–H and O–H groups in total. The van der Waals surface area contributed by atoms with Gasteiger partial charge in [-0.05, 0) is 30.2 Å². The van der Waals surface area contributed by atoms with Gasteiger partial charge in [-0.15, -0.1) is 11.8 Å². The lowest BCUT2D eigenvalue weighted by atomic mass is 10.2. The van der Waals surface area contributed by atoms with Crippen LogP contribution in [0.3, 0.4) is 0 Å². The molecule has 1 fully saturated rings. The van der Waals surface area contributed by atoms with Crippen LogP contribution < -0.4 is 0 Å². The highest BCUT2D eigenvalue weighted by Crippen LogP contribution is 2.30. The largest absolute Gasteiger partial charge is 0.254 e. The Morgan fingerprint density at radius 2 is 2.12 bits per heavy atom. The SMILES string of the molecule is CC(/C=C/c1ccccc1)=C1/SCCCS1=O. The number of rotatable bonds is 2. The molecule has 1 aliphatic heterocycles. The molecule has 1 saturated heterocycles. The van der Waals surface area contributed by atoms with Crippen molar-refractivity contribution in [3.05, 3.63) is 51.8 Å². The number of thioether (sulfide) groups is 1. The van der Waals surface area contributed by atoms with Gasteiger partial charge in [0, 0.05) is 5.75 Å². The molecule has 0 radical (unpaired) electrons. The Morgan fingerprint density at radius 3 is 2.82 bits per heavy atom. The fraction of sp³-hybridized carbons (Fsp3) is 0.286. The summed E-state index contributed by atoms with van der Waals surface area (Å²) in [5, 5.41) is 0. The van der Waals surface area contributed by atoms with Crippen LogP contribution in [0.4, 0.5) is 0 Å². The lowest BCUT2D eigenvalue weighted by molar-refractivity contribution is 0.686. The summed E-state index contributed by atoms with van der Waals surface area (Å²) in [4.78, 5) is 0. The Bertz CT molecular complexity index is 460. The predicted molar refractivity (Wildman–Crippen MR) is 78.3 cm³/mol. The third kappa shape index (κ3) is 3.58. The molecule has 0 spiro atoms. The van der Waals surface area contributed by atoms with Gasteiger partial charge in [-0.1, -0.05) is 42.5 Å². The van der Waals surface area contributed by atoms with Crippen molar-refractivity contribution in [3.63, 3.8) is 0 Å². The Morgan fingerprint density at radius 1 is 1.35 bits per heavy atom. The lowest BCUT2D eigenvalue weighted by Crippen LogP contribution is -2.07. The molecule has 1 aromatic carbocycles. The van der Waals surface area contributed by atoms with Crippen LogP contribution in [0.5, 0.6) is 0 Å². The van der Waals surface area contributed by atoms with E-state index in [2.05, 4.69) is 24.3 Å². The normalized spacial score (nSPS) is 23.9. The third-order valence-corrected chi connectivity index (χ3v) is 5.94. The molecule has 90 valence electrons. The zero-order chi connectivity index (χ0) is 12.1. The van der Waals surface area contributed by atoms with Crippen LogP contribution in [0.1, 0.15) is 18.9 Å². The summed E-state index contributed by atoms with van der Waals surface area (Å²) >= 11 is 1.74. The van der Waals surface area contributed by atoms with E-state index in [1.54, 1.807) is 11.8 Å². The standard InChI is InChI=1S/C14H16OS2/c1-12(14-16-10-5-11-17(14)15)8-9-13-6-3-2-4-7-13/h2-4,6-9H,5,10-11H2,1H3/b9-8+,14-12+. The summed E-state index contributed by atoms with van der Waals surface area (Å²) in [5.41, 5.74) is 2.32. The van der Waals surface area contributed by atoms with Crippen LogP contribution >= 0.6 is 11.8 Å². The van der Waals surface area contributed by atoms with Crippen molar-refractivity contribution in [1.29, 1.82) is 0 Å². The second-order valence-electron chi connectivity index (χ2n) is 3.97. The van der Waals surface area contributed by atoms with Crippen LogP contribution in [0.15, 0.2) is 46.2 Å². The Kier molecular flexibility index (Phi) is 4.63. The van der Waals surface area contributed by atoms with Gasteiger partial charge in [-0.25, -0.2) is 0 Å². The minimum Gasteiger partial charge on any atom is -0.254 e. The van der Waals surface area contributed by atoms with E-state index in [9.17, 15) is 4.21 Å². The topological polar surface area (TPSA) is 17.1 Å². The number of hydrogen-bond acceptors (Lipinski definition) is 2. The quantitative estimate of drug-likeness (QED) is 0.808. The molecule has 1 atom stereocenters. The highest BCUT2D eigenvalue weighted by molar-refractivity contribution is 8.17. The van der Waals surface area contributed by atoms with E-state index in [-0.39, 0.29) is 0 Å². The van der Waals surface area contributed by atoms with Crippen molar-refractivity contribution < 1.29 is 4.21 Å². The van der Waals surface area contributed by atoms with E-state index >= 15 is 0 Å². The van der Waals surface area contributed by atoms with Crippen molar-refractivity contribution in [2.24, 2.45) is 0 Å². The Hall–Kier alpha value is -0.800. The van der Waals surface area contributed by atoms with Gasteiger partial charge in [0.2, 0.25) is 0 Å². The van der Waals surface area contributed by atoms with Crippen LogP contribution in [-0.4, -0.2) is 15.7 Å². The van der Waals surface area contributed by atoms with Gasteiger partial charge in [0.05, 0.1) is 15.0 Å². The van der Waals surface area contributed by atoms with Crippen molar-refractivity contribution in [1.82, 2.24) is 0 Å². The average molecular weight is 264 g/mol. The number of hydrogen-bond donors (Lipinski definition) is 0. The molecular formula is C14H16OS2. The summed E-state index contributed by atoms with van der Waals surface area (Å²) in [6, 6.07) is 10.2. The molecule has 0 bridgehead atoms. The van der Waals surface area contributed by atoms with Gasteiger partial charge in [-0.2, -0.15) is 0 Å². The lowest BCUT2D eigenvalue weighted by Gasteiger charge is -2.14. The molecule has 1 heterocycles. The first-order chi connectivity index (χ1) is 8.27. The summed E-state index contributed by atoms with van der Waals surface area (Å²) in [5.74, 6) is 1.91. The second-order valence-corrected chi connectivity index (χ2v) is 6.84. The van der Waals surface area contributed by atoms with Crippen LogP contribution in [0.25, 0.3) is 6.08 Å². The first-order valence-electron chi connectivity index (χ1n) is 5.72. The zero-order valence-corrected chi connectivity index (χ0v) is 11.5. The molecule has 1 aromatic rings. The monoisotopic (exact) mass is 264 g/mol. The maximum atomic E-state index is 11.8. The van der Waals surface area contributed by atoms with Crippen LogP contribution in [-0.2, 0) is 10.8 Å². The summed E-state index contributed by atoms with van der Waals surface area (Å²) in [6.45, 7) is 2.05. The van der Waals surface area contributed by atoms with Gasteiger partial charge in [0.15, 0.2) is 0 Å². The Balaban J connectivity index is 2.15. The molecular weight excluding hydrogens is 248 g/mol. The molecule has 2 rings (SSSR count). The Labute approximate surface area is 109 Å². The minimum absolute atomic E-state index is 0.775. The van der Waals surface area contributed by atoms with Gasteiger partial charge < -0.3 is 0 Å². The smallest absolute Gasteiger partial charge is 0.0745 e. The van der Waals surface area contributed by atoms with Gasteiger partial charge >= 0.3 is 0 Å². The van der Waals surface area contributed by atoms with E-state index in [1.165, 1.54) is 5.56 Å². The summed E-state index contributed by atoms with van der Waals surface area (Å²) in [7, 11) is -0.775. The molecule has 0 aliphatic carbocycles. The van der Waals surface area contributed by atoms with Crippen molar-refractivity contribution in [2.75, 3.05) is 11.5 Å². The first-order valence-corrected chi connectivity index (χ1v) is 8.03. The number of allylic oxidation sites excluding steroid dienone is 2. The molecule has 0 amide bonds. The van der Waals surface area contributed by atoms with Crippen molar-refractivity contribution >= 4 is 28.6 Å². The molecule has 0 aromatic heterocycles. The fourth-order valence-corrected chi connectivity index (χ4v) is 4.66. The number of benzene rings is 1. The highest BCUT2D eigenvalue weighted by Gasteiger charge is 2.15. The maximum Gasteiger partial charge on any atom is 0.0745 e. The van der Waals surface area contributed by atoms with E-state index in [1.807, 2.05) is 25.1 Å². The third-order valence-electron chi connectivity index (χ3n) is 2.56. The van der Waals surface area contributed by atoms with Crippen LogP contribution in [0.2, 0.25) is 0 Å². The summed E-state index contributed by atoms with van der Waals surface area (Å²) in [6.07, 6.45) is 5.21. The summed E-state index contributed by atoms with van der Waals surface area (Å²) < 4.78 is 12.9.